The number of pyridine rings is 1. The van der Waals surface area contributed by atoms with Crippen molar-refractivity contribution in [1.82, 2.24) is 14.8 Å². The van der Waals surface area contributed by atoms with E-state index < -0.39 is 0 Å². The first-order chi connectivity index (χ1) is 12.2. The van der Waals surface area contributed by atoms with Gasteiger partial charge in [-0.3, -0.25) is 4.68 Å². The van der Waals surface area contributed by atoms with Gasteiger partial charge in [-0.15, -0.1) is 12.4 Å². The molecular weight excluding hydrogens is 348 g/mol. The summed E-state index contributed by atoms with van der Waals surface area (Å²) in [5.41, 5.74) is 10.0. The highest BCUT2D eigenvalue weighted by Gasteiger charge is 2.17. The summed E-state index contributed by atoms with van der Waals surface area (Å²) in [6.45, 7) is 2.85. The lowest BCUT2D eigenvalue weighted by Crippen LogP contribution is -2.04. The number of anilines is 1. The van der Waals surface area contributed by atoms with Gasteiger partial charge in [0.15, 0.2) is 5.82 Å². The van der Waals surface area contributed by atoms with Crippen LogP contribution in [0.25, 0.3) is 21.8 Å². The zero-order valence-corrected chi connectivity index (χ0v) is 15.3. The highest BCUT2D eigenvalue weighted by atomic mass is 35.5. The number of phenols is 1. The molecule has 0 saturated carbocycles. The first kappa shape index (κ1) is 18.0. The van der Waals surface area contributed by atoms with Gasteiger partial charge in [0.1, 0.15) is 11.3 Å². The first-order valence-electron chi connectivity index (χ1n) is 8.49. The van der Waals surface area contributed by atoms with Gasteiger partial charge in [-0.05, 0) is 37.5 Å². The van der Waals surface area contributed by atoms with Crippen LogP contribution in [0.4, 0.5) is 5.82 Å². The zero-order valence-electron chi connectivity index (χ0n) is 14.5. The van der Waals surface area contributed by atoms with Crippen molar-refractivity contribution in [3.63, 3.8) is 0 Å². The Kier molecular flexibility index (Phi) is 5.00. The minimum absolute atomic E-state index is 0. The molecule has 4 aromatic rings. The number of phenolic OH excluding ortho intramolecular Hbond substituents is 1. The molecule has 0 aliphatic rings. The minimum Gasteiger partial charge on any atom is -0.508 e. The van der Waals surface area contributed by atoms with Gasteiger partial charge in [-0.1, -0.05) is 30.3 Å². The fourth-order valence-electron chi connectivity index (χ4n) is 3.39. The van der Waals surface area contributed by atoms with Gasteiger partial charge in [0.2, 0.25) is 0 Å². The third-order valence-corrected chi connectivity index (χ3v) is 4.58. The van der Waals surface area contributed by atoms with E-state index >= 15 is 0 Å². The molecular formula is C20H21ClN4O. The number of aryl methyl sites for hydroxylation is 3. The molecule has 26 heavy (non-hydrogen) atoms. The number of hydrogen-bond donors (Lipinski definition) is 2. The SMILES string of the molecule is CCn1nc2c(N)nc3cc(O)ccc3c2c1CCc1ccccc1.Cl. The Labute approximate surface area is 157 Å². The number of aromatic nitrogens is 3. The Hall–Kier alpha value is -2.79. The Morgan fingerprint density at radius 2 is 1.85 bits per heavy atom. The van der Waals surface area contributed by atoms with E-state index in [4.69, 9.17) is 5.73 Å². The normalized spacial score (nSPS) is 11.0. The van der Waals surface area contributed by atoms with Crippen molar-refractivity contribution in [3.05, 3.63) is 59.8 Å². The molecule has 0 radical (unpaired) electrons. The number of nitrogens with two attached hydrogens (primary N) is 1. The summed E-state index contributed by atoms with van der Waals surface area (Å²) in [7, 11) is 0. The minimum atomic E-state index is 0. The van der Waals surface area contributed by atoms with Crippen molar-refractivity contribution < 1.29 is 5.11 Å². The van der Waals surface area contributed by atoms with E-state index in [0.29, 0.717) is 11.3 Å². The van der Waals surface area contributed by atoms with Gasteiger partial charge < -0.3 is 10.8 Å². The third kappa shape index (κ3) is 3.06. The molecule has 2 heterocycles. The summed E-state index contributed by atoms with van der Waals surface area (Å²) < 4.78 is 2.01. The Balaban J connectivity index is 0.00000196. The maximum Gasteiger partial charge on any atom is 0.152 e. The van der Waals surface area contributed by atoms with E-state index in [1.807, 2.05) is 16.8 Å². The fraction of sp³-hybridized carbons (Fsp3) is 0.200. The van der Waals surface area contributed by atoms with E-state index in [-0.39, 0.29) is 18.2 Å². The topological polar surface area (TPSA) is 77.0 Å². The number of fused-ring (bicyclic) bond motifs is 3. The zero-order chi connectivity index (χ0) is 17.4. The molecule has 0 amide bonds. The molecule has 0 aliphatic heterocycles. The smallest absolute Gasteiger partial charge is 0.152 e. The molecule has 0 saturated heterocycles. The van der Waals surface area contributed by atoms with E-state index in [9.17, 15) is 5.11 Å². The van der Waals surface area contributed by atoms with Crippen molar-refractivity contribution in [2.75, 3.05) is 5.73 Å². The molecule has 0 aliphatic carbocycles. The highest BCUT2D eigenvalue weighted by Crippen LogP contribution is 2.32. The second kappa shape index (κ2) is 7.22. The van der Waals surface area contributed by atoms with Crippen LogP contribution in [0.3, 0.4) is 0 Å². The molecule has 2 aromatic carbocycles. The molecule has 0 fully saturated rings. The molecule has 6 heteroatoms. The number of benzene rings is 2. The average molecular weight is 369 g/mol. The van der Waals surface area contributed by atoms with Gasteiger partial charge in [-0.2, -0.15) is 5.10 Å². The van der Waals surface area contributed by atoms with Crippen molar-refractivity contribution in [2.45, 2.75) is 26.3 Å². The number of hydrogen-bond acceptors (Lipinski definition) is 4. The lowest BCUT2D eigenvalue weighted by Gasteiger charge is -2.07. The van der Waals surface area contributed by atoms with Crippen LogP contribution in [0.1, 0.15) is 18.2 Å². The number of nitrogens with zero attached hydrogens (tertiary/aromatic N) is 3. The van der Waals surface area contributed by atoms with Gasteiger partial charge in [0.05, 0.1) is 5.52 Å². The number of aromatic hydroxyl groups is 1. The van der Waals surface area contributed by atoms with Gasteiger partial charge in [-0.25, -0.2) is 4.98 Å². The Bertz CT molecular complexity index is 1060. The lowest BCUT2D eigenvalue weighted by atomic mass is 10.0. The van der Waals surface area contributed by atoms with Crippen LogP contribution in [-0.2, 0) is 19.4 Å². The second-order valence-corrected chi connectivity index (χ2v) is 6.17. The molecule has 134 valence electrons. The fourth-order valence-corrected chi connectivity index (χ4v) is 3.39. The molecule has 2 aromatic heterocycles. The van der Waals surface area contributed by atoms with E-state index in [1.54, 1.807) is 12.1 Å². The molecule has 0 unspecified atom stereocenters. The van der Waals surface area contributed by atoms with Gasteiger partial charge in [0, 0.05) is 29.1 Å². The number of halogens is 1. The van der Waals surface area contributed by atoms with Crippen LogP contribution in [0.5, 0.6) is 5.75 Å². The lowest BCUT2D eigenvalue weighted by molar-refractivity contribution is 0.476. The van der Waals surface area contributed by atoms with Crippen molar-refractivity contribution in [2.24, 2.45) is 0 Å². The third-order valence-electron chi connectivity index (χ3n) is 4.58. The number of nitrogen functional groups attached to an aromatic ring is 1. The van der Waals surface area contributed by atoms with Crippen molar-refractivity contribution >= 4 is 40.0 Å². The van der Waals surface area contributed by atoms with Crippen molar-refractivity contribution in [1.29, 1.82) is 0 Å². The maximum absolute atomic E-state index is 9.76. The van der Waals surface area contributed by atoms with Crippen LogP contribution in [-0.4, -0.2) is 19.9 Å². The van der Waals surface area contributed by atoms with Crippen LogP contribution in [0.2, 0.25) is 0 Å². The van der Waals surface area contributed by atoms with Crippen molar-refractivity contribution in [3.8, 4) is 5.75 Å². The standard InChI is InChI=1S/C20H20N4O.ClH/c1-2-24-17(11-8-13-6-4-3-5-7-13)18-15-10-9-14(25)12-16(15)22-20(21)19(18)23-24;/h3-7,9-10,12,25H,2,8,11H2,1H3,(H2,21,22);1H. The maximum atomic E-state index is 9.76. The van der Waals surface area contributed by atoms with Crippen LogP contribution < -0.4 is 5.73 Å². The number of rotatable bonds is 4. The summed E-state index contributed by atoms with van der Waals surface area (Å²) in [6.07, 6.45) is 1.80. The highest BCUT2D eigenvalue weighted by molar-refractivity contribution is 6.09. The van der Waals surface area contributed by atoms with E-state index in [1.165, 1.54) is 5.56 Å². The van der Waals surface area contributed by atoms with Gasteiger partial charge in [0.25, 0.3) is 0 Å². The van der Waals surface area contributed by atoms with E-state index in [2.05, 4.69) is 41.3 Å². The molecule has 0 bridgehead atoms. The van der Waals surface area contributed by atoms with Crippen LogP contribution in [0, 0.1) is 0 Å². The average Bonchev–Trinajstić information content (AvgIpc) is 3.00. The summed E-state index contributed by atoms with van der Waals surface area (Å²) in [5.74, 6) is 0.591. The van der Waals surface area contributed by atoms with Crippen LogP contribution >= 0.6 is 12.4 Å². The molecule has 3 N–H and O–H groups in total. The van der Waals surface area contributed by atoms with Crippen LogP contribution in [0.15, 0.2) is 48.5 Å². The Morgan fingerprint density at radius 3 is 2.58 bits per heavy atom. The van der Waals surface area contributed by atoms with Gasteiger partial charge >= 0.3 is 0 Å². The molecule has 5 nitrogen and oxygen atoms in total. The summed E-state index contributed by atoms with van der Waals surface area (Å²) in [6, 6.07) is 15.7. The summed E-state index contributed by atoms with van der Waals surface area (Å²) in [5, 5.41) is 16.5. The molecule has 4 rings (SSSR count). The second-order valence-electron chi connectivity index (χ2n) is 6.17. The quantitative estimate of drug-likeness (QED) is 0.568. The van der Waals surface area contributed by atoms with E-state index in [0.717, 1.165) is 41.4 Å². The Morgan fingerprint density at radius 1 is 1.08 bits per heavy atom. The predicted molar refractivity (Wildman–Crippen MR) is 108 cm³/mol. The summed E-state index contributed by atoms with van der Waals surface area (Å²) >= 11 is 0. The summed E-state index contributed by atoms with van der Waals surface area (Å²) in [4.78, 5) is 4.41. The molecule has 0 spiro atoms. The predicted octanol–water partition coefficient (Wildman–Crippen LogP) is 4.10. The largest absolute Gasteiger partial charge is 0.508 e. The molecule has 0 atom stereocenters. The first-order valence-corrected chi connectivity index (χ1v) is 8.49. The monoisotopic (exact) mass is 368 g/mol.